The number of aliphatic hydroxyl groups is 1. The highest BCUT2D eigenvalue weighted by Crippen LogP contribution is 2.28. The molecular weight excluding hydrogens is 208 g/mol. The Morgan fingerprint density at radius 2 is 2.19 bits per heavy atom. The van der Waals surface area contributed by atoms with E-state index >= 15 is 0 Å². The molecule has 4 atom stereocenters. The molecule has 1 rings (SSSR count). The maximum atomic E-state index is 11.5. The smallest absolute Gasteiger partial charge is 0.311 e. The zero-order valence-corrected chi connectivity index (χ0v) is 10.3. The number of aliphatic hydroxyl groups excluding tert-OH is 1. The molecule has 1 aliphatic rings. The monoisotopic (exact) mass is 230 g/mol. The largest absolute Gasteiger partial charge is 0.466 e. The normalized spacial score (nSPS) is 28.8. The molecule has 1 saturated heterocycles. The molecule has 0 unspecified atom stereocenters. The van der Waals surface area contributed by atoms with Crippen LogP contribution in [0, 0.1) is 5.92 Å². The van der Waals surface area contributed by atoms with Gasteiger partial charge >= 0.3 is 5.97 Å². The van der Waals surface area contributed by atoms with Gasteiger partial charge in [0.15, 0.2) is 0 Å². The van der Waals surface area contributed by atoms with E-state index in [1.165, 1.54) is 0 Å². The van der Waals surface area contributed by atoms with Crippen LogP contribution >= 0.6 is 0 Å². The molecule has 1 N–H and O–H groups in total. The van der Waals surface area contributed by atoms with Crippen molar-refractivity contribution in [1.82, 2.24) is 0 Å². The standard InChI is InChI=1S/C12H22O4/c1-4-15-12(14)9(3)11-6-5-10(16-11)7-8(2)13/h8-11,13H,4-7H2,1-3H3/t8-,9+,10-,11+/m1/s1. The van der Waals surface area contributed by atoms with Crippen LogP contribution in [0.15, 0.2) is 0 Å². The van der Waals surface area contributed by atoms with Crippen molar-refractivity contribution < 1.29 is 19.4 Å². The highest BCUT2D eigenvalue weighted by atomic mass is 16.5. The molecule has 0 aromatic carbocycles. The van der Waals surface area contributed by atoms with Gasteiger partial charge in [0, 0.05) is 0 Å². The molecule has 1 heterocycles. The minimum absolute atomic E-state index is 0.0530. The third-order valence-electron chi connectivity index (χ3n) is 2.96. The van der Waals surface area contributed by atoms with Gasteiger partial charge in [0.2, 0.25) is 0 Å². The van der Waals surface area contributed by atoms with E-state index in [2.05, 4.69) is 0 Å². The summed E-state index contributed by atoms with van der Waals surface area (Å²) in [6, 6.07) is 0. The van der Waals surface area contributed by atoms with Gasteiger partial charge in [-0.25, -0.2) is 0 Å². The minimum Gasteiger partial charge on any atom is -0.466 e. The Balaban J connectivity index is 2.37. The minimum atomic E-state index is -0.346. The predicted octanol–water partition coefficient (Wildman–Crippen LogP) is 1.50. The summed E-state index contributed by atoms with van der Waals surface area (Å²) in [6.45, 7) is 5.81. The van der Waals surface area contributed by atoms with Gasteiger partial charge in [-0.1, -0.05) is 0 Å². The predicted molar refractivity (Wildman–Crippen MR) is 60.0 cm³/mol. The first-order valence-electron chi connectivity index (χ1n) is 6.04. The average molecular weight is 230 g/mol. The summed E-state index contributed by atoms with van der Waals surface area (Å²) in [7, 11) is 0. The second kappa shape index (κ2) is 6.21. The lowest BCUT2D eigenvalue weighted by Gasteiger charge is -2.19. The van der Waals surface area contributed by atoms with Crippen molar-refractivity contribution in [3.63, 3.8) is 0 Å². The number of carbonyl (C=O) groups is 1. The Labute approximate surface area is 96.9 Å². The topological polar surface area (TPSA) is 55.8 Å². The van der Waals surface area contributed by atoms with E-state index in [1.54, 1.807) is 13.8 Å². The van der Waals surface area contributed by atoms with Crippen molar-refractivity contribution in [3.8, 4) is 0 Å². The molecule has 16 heavy (non-hydrogen) atoms. The first kappa shape index (κ1) is 13.5. The molecule has 0 amide bonds. The summed E-state index contributed by atoms with van der Waals surface area (Å²) in [5.41, 5.74) is 0. The fourth-order valence-corrected chi connectivity index (χ4v) is 2.08. The van der Waals surface area contributed by atoms with Crippen LogP contribution in [0.4, 0.5) is 0 Å². The van der Waals surface area contributed by atoms with Crippen LogP contribution in [0.3, 0.4) is 0 Å². The number of rotatable bonds is 5. The molecular formula is C12H22O4. The van der Waals surface area contributed by atoms with E-state index in [-0.39, 0.29) is 30.2 Å². The maximum Gasteiger partial charge on any atom is 0.311 e. The van der Waals surface area contributed by atoms with Crippen molar-refractivity contribution in [2.75, 3.05) is 6.61 Å². The molecule has 0 aromatic rings. The Kier molecular flexibility index (Phi) is 5.22. The number of esters is 1. The molecule has 1 aliphatic heterocycles. The summed E-state index contributed by atoms with van der Waals surface area (Å²) in [5, 5.41) is 9.26. The third kappa shape index (κ3) is 3.76. The van der Waals surface area contributed by atoms with Crippen molar-refractivity contribution in [1.29, 1.82) is 0 Å². The molecule has 0 aliphatic carbocycles. The Morgan fingerprint density at radius 1 is 1.50 bits per heavy atom. The van der Waals surface area contributed by atoms with Gasteiger partial charge < -0.3 is 14.6 Å². The SMILES string of the molecule is CCOC(=O)[C@@H](C)[C@@H]1CC[C@H](C[C@@H](C)O)O1. The molecule has 4 heteroatoms. The quantitative estimate of drug-likeness (QED) is 0.727. The first-order valence-corrected chi connectivity index (χ1v) is 6.04. The second-order valence-electron chi connectivity index (χ2n) is 4.50. The number of carbonyl (C=O) groups excluding carboxylic acids is 1. The van der Waals surface area contributed by atoms with Crippen LogP contribution < -0.4 is 0 Å². The Morgan fingerprint density at radius 3 is 2.75 bits per heavy atom. The van der Waals surface area contributed by atoms with Gasteiger partial charge in [0.05, 0.1) is 30.8 Å². The fraction of sp³-hybridized carbons (Fsp3) is 0.917. The van der Waals surface area contributed by atoms with Crippen LogP contribution in [0.1, 0.15) is 40.0 Å². The Bertz CT molecular complexity index is 227. The van der Waals surface area contributed by atoms with Crippen molar-refractivity contribution in [2.24, 2.45) is 5.92 Å². The summed E-state index contributed by atoms with van der Waals surface area (Å²) in [4.78, 5) is 11.5. The van der Waals surface area contributed by atoms with Gasteiger partial charge in [0.1, 0.15) is 0 Å². The highest BCUT2D eigenvalue weighted by Gasteiger charge is 2.33. The fourth-order valence-electron chi connectivity index (χ4n) is 2.08. The van der Waals surface area contributed by atoms with Crippen molar-refractivity contribution >= 4 is 5.97 Å². The van der Waals surface area contributed by atoms with Gasteiger partial charge in [0.25, 0.3) is 0 Å². The third-order valence-corrected chi connectivity index (χ3v) is 2.96. The van der Waals surface area contributed by atoms with E-state index in [9.17, 15) is 9.90 Å². The molecule has 4 nitrogen and oxygen atoms in total. The number of hydrogen-bond acceptors (Lipinski definition) is 4. The van der Waals surface area contributed by atoms with E-state index in [0.717, 1.165) is 12.8 Å². The lowest BCUT2D eigenvalue weighted by atomic mass is 10.0. The van der Waals surface area contributed by atoms with Crippen LogP contribution in [-0.2, 0) is 14.3 Å². The summed E-state index contributed by atoms with van der Waals surface area (Å²) < 4.78 is 10.7. The molecule has 0 aromatic heterocycles. The molecule has 94 valence electrons. The lowest BCUT2D eigenvalue weighted by molar-refractivity contribution is -0.152. The van der Waals surface area contributed by atoms with Gasteiger partial charge in [-0.05, 0) is 40.0 Å². The summed E-state index contributed by atoms with van der Waals surface area (Å²) in [6.07, 6.45) is 2.12. The van der Waals surface area contributed by atoms with Gasteiger partial charge in [-0.15, -0.1) is 0 Å². The molecule has 0 spiro atoms. The number of hydrogen-bond donors (Lipinski definition) is 1. The molecule has 1 fully saturated rings. The average Bonchev–Trinajstić information content (AvgIpc) is 2.64. The first-order chi connectivity index (χ1) is 7.54. The van der Waals surface area contributed by atoms with Crippen molar-refractivity contribution in [2.45, 2.75) is 58.3 Å². The van der Waals surface area contributed by atoms with Crippen LogP contribution in [0.25, 0.3) is 0 Å². The maximum absolute atomic E-state index is 11.5. The van der Waals surface area contributed by atoms with E-state index < -0.39 is 0 Å². The van der Waals surface area contributed by atoms with Crippen LogP contribution in [-0.4, -0.2) is 36.0 Å². The van der Waals surface area contributed by atoms with E-state index in [1.807, 2.05) is 6.92 Å². The Hall–Kier alpha value is -0.610. The molecule has 0 bridgehead atoms. The van der Waals surface area contributed by atoms with Gasteiger partial charge in [-0.3, -0.25) is 4.79 Å². The number of ether oxygens (including phenoxy) is 2. The van der Waals surface area contributed by atoms with Crippen LogP contribution in [0.2, 0.25) is 0 Å². The van der Waals surface area contributed by atoms with Crippen molar-refractivity contribution in [3.05, 3.63) is 0 Å². The van der Waals surface area contributed by atoms with Crippen LogP contribution in [0.5, 0.6) is 0 Å². The zero-order valence-electron chi connectivity index (χ0n) is 10.3. The zero-order chi connectivity index (χ0) is 12.1. The molecule has 0 saturated carbocycles. The highest BCUT2D eigenvalue weighted by molar-refractivity contribution is 5.72. The molecule has 0 radical (unpaired) electrons. The van der Waals surface area contributed by atoms with E-state index in [0.29, 0.717) is 13.0 Å². The van der Waals surface area contributed by atoms with E-state index in [4.69, 9.17) is 9.47 Å². The summed E-state index contributed by atoms with van der Waals surface area (Å²) >= 11 is 0. The second-order valence-corrected chi connectivity index (χ2v) is 4.50. The van der Waals surface area contributed by atoms with Gasteiger partial charge in [-0.2, -0.15) is 0 Å². The summed E-state index contributed by atoms with van der Waals surface area (Å²) in [5.74, 6) is -0.399. The lowest BCUT2D eigenvalue weighted by Crippen LogP contribution is -2.28.